The summed E-state index contributed by atoms with van der Waals surface area (Å²) in [5, 5.41) is 7.02. The van der Waals surface area contributed by atoms with Gasteiger partial charge in [0.2, 0.25) is 27.6 Å². The number of aromatic nitrogens is 2. The Kier molecular flexibility index (Phi) is 8.26. The first-order valence-corrected chi connectivity index (χ1v) is 14.5. The molecule has 2 aromatic carbocycles. The third-order valence-corrected chi connectivity index (χ3v) is 8.94. The number of ether oxygens (including phenoxy) is 2. The monoisotopic (exact) mass is 555 g/mol. The Balaban J connectivity index is 1.25. The van der Waals surface area contributed by atoms with Crippen molar-refractivity contribution in [2.24, 2.45) is 5.92 Å². The lowest BCUT2D eigenvalue weighted by molar-refractivity contribution is -0.121. The van der Waals surface area contributed by atoms with Gasteiger partial charge in [0.05, 0.1) is 43.4 Å². The van der Waals surface area contributed by atoms with Crippen LogP contribution in [-0.2, 0) is 26.1 Å². The number of nitrogens with one attached hydrogen (secondary N) is 1. The summed E-state index contributed by atoms with van der Waals surface area (Å²) in [4.78, 5) is 20.0. The minimum Gasteiger partial charge on any atom is -0.495 e. The van der Waals surface area contributed by atoms with Crippen molar-refractivity contribution in [3.63, 3.8) is 0 Å². The van der Waals surface area contributed by atoms with Gasteiger partial charge in [-0.3, -0.25) is 9.69 Å². The van der Waals surface area contributed by atoms with Crippen LogP contribution in [0.4, 0.5) is 5.69 Å². The number of carbonyl (C=O) groups is 1. The molecule has 12 heteroatoms. The molecule has 1 N–H and O–H groups in total. The molecule has 3 aromatic rings. The zero-order valence-corrected chi connectivity index (χ0v) is 22.9. The molecule has 2 fully saturated rings. The van der Waals surface area contributed by atoms with Crippen LogP contribution in [-0.4, -0.2) is 80.2 Å². The molecule has 11 nitrogen and oxygen atoms in total. The second-order valence-electron chi connectivity index (χ2n) is 9.82. The van der Waals surface area contributed by atoms with E-state index < -0.39 is 10.0 Å². The minimum absolute atomic E-state index is 0.103. The second-order valence-corrected chi connectivity index (χ2v) is 11.8. The van der Waals surface area contributed by atoms with Gasteiger partial charge in [-0.1, -0.05) is 35.0 Å². The van der Waals surface area contributed by atoms with E-state index in [2.05, 4.69) is 20.4 Å². The zero-order valence-electron chi connectivity index (χ0n) is 22.1. The topological polar surface area (TPSA) is 127 Å². The molecular weight excluding hydrogens is 522 g/mol. The lowest BCUT2D eigenvalue weighted by Gasteiger charge is -2.31. The predicted molar refractivity (Wildman–Crippen MR) is 144 cm³/mol. The van der Waals surface area contributed by atoms with E-state index >= 15 is 0 Å². The van der Waals surface area contributed by atoms with Crippen molar-refractivity contribution in [2.75, 3.05) is 51.8 Å². The van der Waals surface area contributed by atoms with Gasteiger partial charge in [0, 0.05) is 25.2 Å². The van der Waals surface area contributed by atoms with Gasteiger partial charge < -0.3 is 19.3 Å². The SMILES string of the molecule is COc1ccc(S(=O)(=O)N2CCOCC2)cc1NC(=O)C1CCCN(Cc2nc(-c3ccc(C)cc3)no2)C1. The van der Waals surface area contributed by atoms with E-state index in [1.54, 1.807) is 6.07 Å². The third kappa shape index (κ3) is 6.30. The maximum absolute atomic E-state index is 13.3. The zero-order chi connectivity index (χ0) is 27.4. The molecule has 5 rings (SSSR count). The quantitative estimate of drug-likeness (QED) is 0.446. The minimum atomic E-state index is -3.72. The summed E-state index contributed by atoms with van der Waals surface area (Å²) in [5.41, 5.74) is 2.37. The number of benzene rings is 2. The first-order chi connectivity index (χ1) is 18.8. The van der Waals surface area contributed by atoms with Crippen molar-refractivity contribution in [3.8, 4) is 17.1 Å². The summed E-state index contributed by atoms with van der Waals surface area (Å²) in [6.07, 6.45) is 1.55. The van der Waals surface area contributed by atoms with E-state index in [1.165, 1.54) is 23.5 Å². The number of methoxy groups -OCH3 is 1. The Labute approximate surface area is 228 Å². The molecule has 0 saturated carbocycles. The fourth-order valence-corrected chi connectivity index (χ4v) is 6.29. The molecule has 0 bridgehead atoms. The molecule has 3 heterocycles. The highest BCUT2D eigenvalue weighted by Gasteiger charge is 2.30. The van der Waals surface area contributed by atoms with Crippen molar-refractivity contribution in [1.82, 2.24) is 19.3 Å². The molecule has 2 aliphatic heterocycles. The molecule has 208 valence electrons. The van der Waals surface area contributed by atoms with Crippen LogP contribution in [0.3, 0.4) is 0 Å². The first kappa shape index (κ1) is 27.3. The predicted octanol–water partition coefficient (Wildman–Crippen LogP) is 2.93. The van der Waals surface area contributed by atoms with Crippen LogP contribution < -0.4 is 10.1 Å². The Morgan fingerprint density at radius 2 is 1.90 bits per heavy atom. The normalized spacial score (nSPS) is 19.1. The lowest BCUT2D eigenvalue weighted by Crippen LogP contribution is -2.41. The molecule has 0 aliphatic carbocycles. The number of anilines is 1. The molecule has 2 saturated heterocycles. The molecule has 1 amide bonds. The third-order valence-electron chi connectivity index (χ3n) is 7.05. The van der Waals surface area contributed by atoms with Gasteiger partial charge in [-0.15, -0.1) is 0 Å². The highest BCUT2D eigenvalue weighted by atomic mass is 32.2. The van der Waals surface area contributed by atoms with Gasteiger partial charge >= 0.3 is 0 Å². The second kappa shape index (κ2) is 11.8. The number of sulfonamides is 1. The number of hydrogen-bond donors (Lipinski definition) is 1. The van der Waals surface area contributed by atoms with Gasteiger partial charge in [0.25, 0.3) is 0 Å². The number of likely N-dealkylation sites (tertiary alicyclic amines) is 1. The van der Waals surface area contributed by atoms with Crippen LogP contribution in [0.2, 0.25) is 0 Å². The summed E-state index contributed by atoms with van der Waals surface area (Å²) in [6.45, 7) is 5.08. The fourth-order valence-electron chi connectivity index (χ4n) is 4.86. The van der Waals surface area contributed by atoms with Crippen LogP contribution in [0.25, 0.3) is 11.4 Å². The Morgan fingerprint density at radius 3 is 2.64 bits per heavy atom. The van der Waals surface area contributed by atoms with Gasteiger partial charge in [-0.25, -0.2) is 8.42 Å². The van der Waals surface area contributed by atoms with Gasteiger partial charge in [-0.05, 0) is 44.5 Å². The number of morpholine rings is 1. The van der Waals surface area contributed by atoms with Crippen molar-refractivity contribution < 1.29 is 27.2 Å². The Morgan fingerprint density at radius 1 is 1.13 bits per heavy atom. The average molecular weight is 556 g/mol. The number of aryl methyl sites for hydroxylation is 1. The number of hydrogen-bond acceptors (Lipinski definition) is 9. The van der Waals surface area contributed by atoms with E-state index in [9.17, 15) is 13.2 Å². The maximum atomic E-state index is 13.3. The summed E-state index contributed by atoms with van der Waals surface area (Å²) in [5.74, 6) is 0.948. The molecule has 2 aliphatic rings. The van der Waals surface area contributed by atoms with Gasteiger partial charge in [-0.2, -0.15) is 9.29 Å². The maximum Gasteiger partial charge on any atom is 0.243 e. The smallest absolute Gasteiger partial charge is 0.243 e. The van der Waals surface area contributed by atoms with Crippen molar-refractivity contribution in [1.29, 1.82) is 0 Å². The molecule has 1 atom stereocenters. The van der Waals surface area contributed by atoms with Crippen LogP contribution in [0.1, 0.15) is 24.3 Å². The van der Waals surface area contributed by atoms with Crippen molar-refractivity contribution in [3.05, 3.63) is 53.9 Å². The summed E-state index contributed by atoms with van der Waals surface area (Å²) in [7, 11) is -2.23. The number of piperidine rings is 1. The molecule has 1 aromatic heterocycles. The van der Waals surface area contributed by atoms with E-state index in [0.717, 1.165) is 30.5 Å². The standard InChI is InChI=1S/C27H33N5O6S/c1-19-5-7-20(8-6-19)26-29-25(38-30-26)18-31-11-3-4-21(17-31)27(33)28-23-16-22(9-10-24(23)36-2)39(34,35)32-12-14-37-15-13-32/h5-10,16,21H,3-4,11-15,17-18H2,1-2H3,(H,28,33). The van der Waals surface area contributed by atoms with Gasteiger partial charge in [0.15, 0.2) is 0 Å². The van der Waals surface area contributed by atoms with E-state index in [1.807, 2.05) is 31.2 Å². The highest BCUT2D eigenvalue weighted by molar-refractivity contribution is 7.89. The Hall–Kier alpha value is -3.32. The summed E-state index contributed by atoms with van der Waals surface area (Å²) in [6, 6.07) is 12.5. The van der Waals surface area contributed by atoms with E-state index in [-0.39, 0.29) is 16.7 Å². The van der Waals surface area contributed by atoms with Crippen LogP contribution in [0.15, 0.2) is 51.9 Å². The number of rotatable bonds is 8. The molecule has 1 unspecified atom stereocenters. The first-order valence-electron chi connectivity index (χ1n) is 13.0. The summed E-state index contributed by atoms with van der Waals surface area (Å²) < 4.78 is 43.8. The average Bonchev–Trinajstić information content (AvgIpc) is 3.42. The van der Waals surface area contributed by atoms with Crippen molar-refractivity contribution >= 4 is 21.6 Å². The number of amides is 1. The van der Waals surface area contributed by atoms with E-state index in [0.29, 0.717) is 62.5 Å². The van der Waals surface area contributed by atoms with Crippen molar-refractivity contribution in [2.45, 2.75) is 31.2 Å². The highest BCUT2D eigenvalue weighted by Crippen LogP contribution is 2.30. The summed E-state index contributed by atoms with van der Waals surface area (Å²) >= 11 is 0. The molecular formula is C27H33N5O6S. The van der Waals surface area contributed by atoms with Gasteiger partial charge in [0.1, 0.15) is 5.75 Å². The lowest BCUT2D eigenvalue weighted by atomic mass is 9.97. The molecule has 0 radical (unpaired) electrons. The van der Waals surface area contributed by atoms with E-state index in [4.69, 9.17) is 14.0 Å². The molecule has 0 spiro atoms. The molecule has 39 heavy (non-hydrogen) atoms. The van der Waals surface area contributed by atoms with Crippen LogP contribution in [0.5, 0.6) is 5.75 Å². The largest absolute Gasteiger partial charge is 0.495 e. The number of nitrogens with zero attached hydrogens (tertiary/aromatic N) is 4. The number of carbonyl (C=O) groups excluding carboxylic acids is 1. The fraction of sp³-hybridized carbons (Fsp3) is 0.444. The van der Waals surface area contributed by atoms with Crippen LogP contribution in [0, 0.1) is 12.8 Å². The Bertz CT molecular complexity index is 1400. The van der Waals surface area contributed by atoms with Crippen LogP contribution >= 0.6 is 0 Å².